The van der Waals surface area contributed by atoms with Crippen molar-refractivity contribution in [2.75, 3.05) is 52.1 Å². The maximum atomic E-state index is 10.9. The third-order valence-corrected chi connectivity index (χ3v) is 7.80. The number of thiophene rings is 1. The topological polar surface area (TPSA) is 48.8 Å². The Labute approximate surface area is 186 Å². The van der Waals surface area contributed by atoms with E-state index in [1.54, 1.807) is 13.3 Å². The lowest BCUT2D eigenvalue weighted by atomic mass is 10.0. The molecule has 1 fully saturated rings. The summed E-state index contributed by atoms with van der Waals surface area (Å²) in [5.41, 5.74) is 1.81. The standard InChI is InChI=1S/C23H29N3O2S2/c1-28-18-15-20-19(5-2-6-21(20)24-16-18)22(27)17-26-11-9-25(10-12-26)8-4-14-30-23-7-3-13-29-23/h2-3,5-7,13,15-16,22,27H,4,8-12,14,17H2,1H3. The highest BCUT2D eigenvalue weighted by Gasteiger charge is 2.21. The number of ether oxygens (including phenoxy) is 1. The van der Waals surface area contributed by atoms with E-state index in [1.807, 2.05) is 47.4 Å². The maximum Gasteiger partial charge on any atom is 0.137 e. The van der Waals surface area contributed by atoms with E-state index in [4.69, 9.17) is 4.74 Å². The van der Waals surface area contributed by atoms with Gasteiger partial charge >= 0.3 is 0 Å². The zero-order valence-corrected chi connectivity index (χ0v) is 19.0. The molecule has 5 nitrogen and oxygen atoms in total. The van der Waals surface area contributed by atoms with Gasteiger partial charge in [-0.2, -0.15) is 0 Å². The average Bonchev–Trinajstić information content (AvgIpc) is 3.30. The van der Waals surface area contributed by atoms with Gasteiger partial charge in [-0.25, -0.2) is 0 Å². The molecule has 1 saturated heterocycles. The minimum absolute atomic E-state index is 0.531. The largest absolute Gasteiger partial charge is 0.495 e. The van der Waals surface area contributed by atoms with Crippen LogP contribution in [0.4, 0.5) is 0 Å². The molecule has 1 aliphatic rings. The van der Waals surface area contributed by atoms with E-state index in [9.17, 15) is 5.11 Å². The summed E-state index contributed by atoms with van der Waals surface area (Å²) in [6.07, 6.45) is 2.41. The molecule has 30 heavy (non-hydrogen) atoms. The Morgan fingerprint density at radius 3 is 2.77 bits per heavy atom. The van der Waals surface area contributed by atoms with Crippen LogP contribution in [0.3, 0.4) is 0 Å². The minimum Gasteiger partial charge on any atom is -0.495 e. The van der Waals surface area contributed by atoms with Gasteiger partial charge in [-0.1, -0.05) is 18.2 Å². The van der Waals surface area contributed by atoms with Gasteiger partial charge in [-0.15, -0.1) is 23.1 Å². The van der Waals surface area contributed by atoms with E-state index in [2.05, 4.69) is 32.3 Å². The lowest BCUT2D eigenvalue weighted by Crippen LogP contribution is -2.47. The Hall–Kier alpha value is -1.64. The van der Waals surface area contributed by atoms with Crippen LogP contribution in [0.2, 0.25) is 0 Å². The fourth-order valence-electron chi connectivity index (χ4n) is 3.90. The number of aromatic nitrogens is 1. The number of thioether (sulfide) groups is 1. The van der Waals surface area contributed by atoms with Crippen molar-refractivity contribution in [2.45, 2.75) is 16.7 Å². The highest BCUT2D eigenvalue weighted by atomic mass is 32.2. The second kappa shape index (κ2) is 10.6. The van der Waals surface area contributed by atoms with Gasteiger partial charge in [0.15, 0.2) is 0 Å². The molecule has 0 amide bonds. The highest BCUT2D eigenvalue weighted by Crippen LogP contribution is 2.27. The number of hydrogen-bond acceptors (Lipinski definition) is 7. The van der Waals surface area contributed by atoms with Crippen molar-refractivity contribution in [1.82, 2.24) is 14.8 Å². The number of fused-ring (bicyclic) bond motifs is 1. The summed E-state index contributed by atoms with van der Waals surface area (Å²) in [4.78, 5) is 9.36. The highest BCUT2D eigenvalue weighted by molar-refractivity contribution is 8.01. The van der Waals surface area contributed by atoms with E-state index in [1.165, 1.54) is 16.4 Å². The molecule has 160 valence electrons. The molecule has 0 spiro atoms. The van der Waals surface area contributed by atoms with Crippen molar-refractivity contribution in [3.63, 3.8) is 0 Å². The van der Waals surface area contributed by atoms with Gasteiger partial charge in [-0.05, 0) is 42.1 Å². The summed E-state index contributed by atoms with van der Waals surface area (Å²) in [5.74, 6) is 1.89. The summed E-state index contributed by atoms with van der Waals surface area (Å²) in [7, 11) is 1.64. The smallest absolute Gasteiger partial charge is 0.137 e. The molecule has 1 atom stereocenters. The predicted molar refractivity (Wildman–Crippen MR) is 126 cm³/mol. The second-order valence-corrected chi connectivity index (χ2v) is 9.92. The summed E-state index contributed by atoms with van der Waals surface area (Å²) >= 11 is 3.78. The third kappa shape index (κ3) is 5.53. The number of aliphatic hydroxyl groups is 1. The minimum atomic E-state index is -0.531. The molecule has 3 heterocycles. The van der Waals surface area contributed by atoms with Crippen LogP contribution in [-0.4, -0.2) is 72.0 Å². The maximum absolute atomic E-state index is 10.9. The van der Waals surface area contributed by atoms with Crippen LogP contribution in [0.1, 0.15) is 18.1 Å². The number of aliphatic hydroxyl groups excluding tert-OH is 1. The molecular formula is C23H29N3O2S2. The summed E-state index contributed by atoms with van der Waals surface area (Å²) in [5, 5.41) is 14.0. The predicted octanol–water partition coefficient (Wildman–Crippen LogP) is 4.14. The first-order chi connectivity index (χ1) is 14.7. The van der Waals surface area contributed by atoms with Crippen molar-refractivity contribution in [1.29, 1.82) is 0 Å². The van der Waals surface area contributed by atoms with Crippen molar-refractivity contribution in [3.05, 3.63) is 53.5 Å². The summed E-state index contributed by atoms with van der Waals surface area (Å²) in [6.45, 7) is 5.95. The van der Waals surface area contributed by atoms with E-state index < -0.39 is 6.10 Å². The van der Waals surface area contributed by atoms with Gasteiger partial charge in [0.1, 0.15) is 5.75 Å². The average molecular weight is 444 g/mol. The molecule has 4 rings (SSSR count). The van der Waals surface area contributed by atoms with Gasteiger partial charge in [0, 0.05) is 43.9 Å². The number of methoxy groups -OCH3 is 1. The zero-order chi connectivity index (χ0) is 20.8. The molecule has 0 radical (unpaired) electrons. The van der Waals surface area contributed by atoms with E-state index >= 15 is 0 Å². The van der Waals surface area contributed by atoms with Crippen LogP contribution in [0.15, 0.2) is 52.2 Å². The van der Waals surface area contributed by atoms with Crippen LogP contribution < -0.4 is 4.74 Å². The van der Waals surface area contributed by atoms with E-state index in [0.29, 0.717) is 12.3 Å². The first kappa shape index (κ1) is 21.6. The lowest BCUT2D eigenvalue weighted by Gasteiger charge is -2.35. The van der Waals surface area contributed by atoms with Crippen molar-refractivity contribution >= 4 is 34.0 Å². The molecule has 0 bridgehead atoms. The van der Waals surface area contributed by atoms with Gasteiger partial charge in [0.25, 0.3) is 0 Å². The van der Waals surface area contributed by atoms with E-state index in [-0.39, 0.29) is 0 Å². The Morgan fingerprint density at radius 2 is 2.00 bits per heavy atom. The van der Waals surface area contributed by atoms with E-state index in [0.717, 1.165) is 49.2 Å². The Balaban J connectivity index is 1.25. The van der Waals surface area contributed by atoms with Gasteiger partial charge in [-0.3, -0.25) is 9.88 Å². The fourth-order valence-corrected chi connectivity index (χ4v) is 5.69. The van der Waals surface area contributed by atoms with Crippen molar-refractivity contribution in [3.8, 4) is 5.75 Å². The number of benzene rings is 1. The SMILES string of the molecule is COc1cnc2cccc(C(O)CN3CCN(CCCSc4cccs4)CC3)c2c1. The summed E-state index contributed by atoms with van der Waals surface area (Å²) < 4.78 is 6.73. The molecule has 1 unspecified atom stereocenters. The number of piperazine rings is 1. The van der Waals surface area contributed by atoms with Crippen molar-refractivity contribution < 1.29 is 9.84 Å². The summed E-state index contributed by atoms with van der Waals surface area (Å²) in [6, 6.07) is 12.2. The molecule has 2 aromatic heterocycles. The number of β-amino-alcohol motifs (C(OH)–C–C–N with tert-alkyl or cyclic N) is 1. The molecule has 0 aliphatic carbocycles. The molecule has 0 saturated carbocycles. The molecule has 3 aromatic rings. The molecular weight excluding hydrogens is 414 g/mol. The van der Waals surface area contributed by atoms with Gasteiger partial charge in [0.05, 0.1) is 29.1 Å². The number of rotatable bonds is 9. The number of hydrogen-bond donors (Lipinski definition) is 1. The molecule has 1 N–H and O–H groups in total. The third-order valence-electron chi connectivity index (χ3n) is 5.58. The van der Waals surface area contributed by atoms with Crippen LogP contribution >= 0.6 is 23.1 Å². The normalized spacial score (nSPS) is 16.7. The molecule has 1 aliphatic heterocycles. The van der Waals surface area contributed by atoms with Crippen molar-refractivity contribution in [2.24, 2.45) is 0 Å². The Morgan fingerprint density at radius 1 is 1.17 bits per heavy atom. The number of nitrogens with zero attached hydrogens (tertiary/aromatic N) is 3. The fraction of sp³-hybridized carbons (Fsp3) is 0.435. The van der Waals surface area contributed by atoms with Crippen LogP contribution in [-0.2, 0) is 0 Å². The monoisotopic (exact) mass is 443 g/mol. The molecule has 1 aromatic carbocycles. The van der Waals surface area contributed by atoms with Crippen LogP contribution in [0, 0.1) is 0 Å². The number of pyridine rings is 1. The quantitative estimate of drug-likeness (QED) is 0.396. The second-order valence-electron chi connectivity index (χ2n) is 7.58. The van der Waals surface area contributed by atoms with Crippen LogP contribution in [0.5, 0.6) is 5.75 Å². The van der Waals surface area contributed by atoms with Crippen LogP contribution in [0.25, 0.3) is 10.9 Å². The Bertz CT molecular complexity index is 927. The molecule has 7 heteroatoms. The lowest BCUT2D eigenvalue weighted by molar-refractivity contribution is 0.0733. The first-order valence-corrected chi connectivity index (χ1v) is 12.3. The first-order valence-electron chi connectivity index (χ1n) is 10.4. The van der Waals surface area contributed by atoms with Gasteiger partial charge in [0.2, 0.25) is 0 Å². The zero-order valence-electron chi connectivity index (χ0n) is 17.4. The Kier molecular flexibility index (Phi) is 7.62. The van der Waals surface area contributed by atoms with Gasteiger partial charge < -0.3 is 14.7 Å².